The summed E-state index contributed by atoms with van der Waals surface area (Å²) < 4.78 is 3.71. The number of nitrogens with zero attached hydrogens (tertiary/aromatic N) is 3. The fourth-order valence-electron chi connectivity index (χ4n) is 3.54. The number of aryl methyl sites for hydroxylation is 2. The van der Waals surface area contributed by atoms with Crippen molar-refractivity contribution in [1.29, 1.82) is 0 Å². The number of aromatic nitrogens is 3. The molecule has 30 heavy (non-hydrogen) atoms. The molecule has 0 radical (unpaired) electrons. The van der Waals surface area contributed by atoms with Gasteiger partial charge in [0.25, 0.3) is 5.56 Å². The van der Waals surface area contributed by atoms with E-state index in [2.05, 4.69) is 42.4 Å². The van der Waals surface area contributed by atoms with Crippen LogP contribution >= 0.6 is 23.1 Å². The highest BCUT2D eigenvalue weighted by molar-refractivity contribution is 8.00. The SMILES string of the molecule is Cc1ccc(-c2nn(C)c(=O)c3ccccc23)cc1CSc1nc2ccccc2s1. The lowest BCUT2D eigenvalue weighted by molar-refractivity contribution is 0.722. The van der Waals surface area contributed by atoms with Crippen LogP contribution < -0.4 is 5.56 Å². The molecule has 3 aromatic carbocycles. The van der Waals surface area contributed by atoms with Gasteiger partial charge < -0.3 is 0 Å². The summed E-state index contributed by atoms with van der Waals surface area (Å²) in [6.45, 7) is 2.13. The maximum Gasteiger partial charge on any atom is 0.274 e. The molecule has 0 saturated heterocycles. The van der Waals surface area contributed by atoms with Crippen molar-refractivity contribution in [2.24, 2.45) is 7.05 Å². The number of hydrogen-bond donors (Lipinski definition) is 0. The molecule has 0 aliphatic carbocycles. The van der Waals surface area contributed by atoms with E-state index in [0.29, 0.717) is 5.39 Å². The van der Waals surface area contributed by atoms with Gasteiger partial charge in [-0.3, -0.25) is 4.79 Å². The maximum atomic E-state index is 12.5. The molecule has 2 heterocycles. The number of para-hydroxylation sites is 1. The Morgan fingerprint density at radius 3 is 2.60 bits per heavy atom. The second kappa shape index (κ2) is 7.70. The van der Waals surface area contributed by atoms with Crippen molar-refractivity contribution in [2.45, 2.75) is 17.0 Å². The normalized spacial score (nSPS) is 11.4. The van der Waals surface area contributed by atoms with E-state index in [1.54, 1.807) is 30.1 Å². The fraction of sp³-hybridized carbons (Fsp3) is 0.125. The third kappa shape index (κ3) is 3.42. The molecule has 0 aliphatic rings. The molecule has 0 spiro atoms. The van der Waals surface area contributed by atoms with E-state index < -0.39 is 0 Å². The highest BCUT2D eigenvalue weighted by Gasteiger charge is 2.12. The third-order valence-corrected chi connectivity index (χ3v) is 7.43. The molecule has 0 N–H and O–H groups in total. The summed E-state index contributed by atoms with van der Waals surface area (Å²) in [5.41, 5.74) is 5.31. The van der Waals surface area contributed by atoms with Crippen LogP contribution in [0.15, 0.2) is 75.9 Å². The van der Waals surface area contributed by atoms with Crippen molar-refractivity contribution >= 4 is 44.1 Å². The molecule has 2 aromatic heterocycles. The molecule has 0 unspecified atom stereocenters. The molecule has 0 amide bonds. The molecule has 0 atom stereocenters. The van der Waals surface area contributed by atoms with Crippen LogP contribution in [0.25, 0.3) is 32.2 Å². The molecule has 0 saturated carbocycles. The number of fused-ring (bicyclic) bond motifs is 2. The average molecular weight is 430 g/mol. The Hall–Kier alpha value is -2.96. The fourth-order valence-corrected chi connectivity index (χ4v) is 5.67. The number of thiazole rings is 1. The molecule has 4 nitrogen and oxygen atoms in total. The Bertz CT molecular complexity index is 1420. The molecular weight excluding hydrogens is 410 g/mol. The first kappa shape index (κ1) is 19.0. The van der Waals surface area contributed by atoms with Crippen molar-refractivity contribution in [2.75, 3.05) is 0 Å². The molecule has 6 heteroatoms. The van der Waals surface area contributed by atoms with Crippen LogP contribution in [0.5, 0.6) is 0 Å². The van der Waals surface area contributed by atoms with Crippen molar-refractivity contribution in [3.8, 4) is 11.3 Å². The van der Waals surface area contributed by atoms with E-state index in [4.69, 9.17) is 4.98 Å². The summed E-state index contributed by atoms with van der Waals surface area (Å²) >= 11 is 3.49. The minimum atomic E-state index is -0.0759. The zero-order valence-electron chi connectivity index (χ0n) is 16.6. The van der Waals surface area contributed by atoms with Gasteiger partial charge in [-0.05, 0) is 42.3 Å². The number of hydrogen-bond acceptors (Lipinski definition) is 5. The monoisotopic (exact) mass is 429 g/mol. The van der Waals surface area contributed by atoms with Crippen LogP contribution in [-0.2, 0) is 12.8 Å². The Morgan fingerprint density at radius 2 is 1.77 bits per heavy atom. The predicted molar refractivity (Wildman–Crippen MR) is 126 cm³/mol. The van der Waals surface area contributed by atoms with E-state index in [1.165, 1.54) is 20.5 Å². The molecular formula is C24H19N3OS2. The molecule has 0 aliphatic heterocycles. The summed E-state index contributed by atoms with van der Waals surface area (Å²) in [4.78, 5) is 17.2. The second-order valence-electron chi connectivity index (χ2n) is 7.20. The topological polar surface area (TPSA) is 47.8 Å². The van der Waals surface area contributed by atoms with E-state index in [1.807, 2.05) is 36.4 Å². The Kier molecular flexibility index (Phi) is 4.89. The van der Waals surface area contributed by atoms with Crippen LogP contribution in [0, 0.1) is 6.92 Å². The molecule has 148 valence electrons. The quantitative estimate of drug-likeness (QED) is 0.338. The zero-order chi connectivity index (χ0) is 20.7. The van der Waals surface area contributed by atoms with Gasteiger partial charge in [-0.1, -0.05) is 54.2 Å². The summed E-state index contributed by atoms with van der Waals surface area (Å²) in [6.07, 6.45) is 0. The number of rotatable bonds is 4. The van der Waals surface area contributed by atoms with Gasteiger partial charge in [0.1, 0.15) is 0 Å². The Labute approximate surface area is 182 Å². The molecule has 5 aromatic rings. The standard InChI is InChI=1S/C24H19N3OS2/c1-15-11-12-16(22-18-7-3-4-8-19(18)23(28)27(2)26-22)13-17(15)14-29-24-25-20-9-5-6-10-21(20)30-24/h3-13H,14H2,1-2H3. The molecule has 0 bridgehead atoms. The predicted octanol–water partition coefficient (Wildman–Crippen LogP) is 5.81. The van der Waals surface area contributed by atoms with Gasteiger partial charge in [-0.2, -0.15) is 5.10 Å². The van der Waals surface area contributed by atoms with Crippen molar-refractivity contribution in [1.82, 2.24) is 14.8 Å². The summed E-state index contributed by atoms with van der Waals surface area (Å²) in [6, 6.07) is 22.3. The van der Waals surface area contributed by atoms with Crippen LogP contribution in [-0.4, -0.2) is 14.8 Å². The lowest BCUT2D eigenvalue weighted by Crippen LogP contribution is -2.20. The van der Waals surface area contributed by atoms with Crippen LogP contribution in [0.2, 0.25) is 0 Å². The van der Waals surface area contributed by atoms with Crippen molar-refractivity contribution < 1.29 is 0 Å². The Morgan fingerprint density at radius 1 is 1.00 bits per heavy atom. The second-order valence-corrected chi connectivity index (χ2v) is 9.45. The van der Waals surface area contributed by atoms with E-state index in [9.17, 15) is 4.79 Å². The average Bonchev–Trinajstić information content (AvgIpc) is 3.19. The van der Waals surface area contributed by atoms with Crippen molar-refractivity contribution in [3.05, 3.63) is 88.2 Å². The number of thioether (sulfide) groups is 1. The highest BCUT2D eigenvalue weighted by atomic mass is 32.2. The minimum Gasteiger partial charge on any atom is -0.267 e. The van der Waals surface area contributed by atoms with Gasteiger partial charge in [0.05, 0.1) is 21.3 Å². The number of benzene rings is 3. The van der Waals surface area contributed by atoms with Crippen molar-refractivity contribution in [3.63, 3.8) is 0 Å². The van der Waals surface area contributed by atoms with Crippen LogP contribution in [0.4, 0.5) is 0 Å². The van der Waals surface area contributed by atoms with Gasteiger partial charge in [-0.15, -0.1) is 11.3 Å². The largest absolute Gasteiger partial charge is 0.274 e. The van der Waals surface area contributed by atoms with Crippen LogP contribution in [0.1, 0.15) is 11.1 Å². The maximum absolute atomic E-state index is 12.5. The molecule has 5 rings (SSSR count). The first-order chi connectivity index (χ1) is 14.6. The first-order valence-electron chi connectivity index (χ1n) is 9.64. The van der Waals surface area contributed by atoms with Gasteiger partial charge in [-0.25, -0.2) is 9.67 Å². The lowest BCUT2D eigenvalue weighted by Gasteiger charge is -2.11. The minimum absolute atomic E-state index is 0.0759. The first-order valence-corrected chi connectivity index (χ1v) is 11.4. The van der Waals surface area contributed by atoms with Crippen LogP contribution in [0.3, 0.4) is 0 Å². The van der Waals surface area contributed by atoms with Gasteiger partial charge in [0.15, 0.2) is 4.34 Å². The zero-order valence-corrected chi connectivity index (χ0v) is 18.3. The van der Waals surface area contributed by atoms with Gasteiger partial charge >= 0.3 is 0 Å². The van der Waals surface area contributed by atoms with E-state index in [0.717, 1.165) is 32.3 Å². The smallest absolute Gasteiger partial charge is 0.267 e. The Balaban J connectivity index is 1.52. The van der Waals surface area contributed by atoms with E-state index >= 15 is 0 Å². The van der Waals surface area contributed by atoms with E-state index in [-0.39, 0.29) is 5.56 Å². The third-order valence-electron chi connectivity index (χ3n) is 5.20. The summed E-state index contributed by atoms with van der Waals surface area (Å²) in [5, 5.41) is 6.15. The summed E-state index contributed by atoms with van der Waals surface area (Å²) in [5.74, 6) is 0.836. The summed E-state index contributed by atoms with van der Waals surface area (Å²) in [7, 11) is 1.70. The van der Waals surface area contributed by atoms with Gasteiger partial charge in [0.2, 0.25) is 0 Å². The highest BCUT2D eigenvalue weighted by Crippen LogP contribution is 2.33. The lowest BCUT2D eigenvalue weighted by atomic mass is 10.0. The molecule has 0 fully saturated rings. The van der Waals surface area contributed by atoms with Gasteiger partial charge in [0, 0.05) is 23.8 Å².